The highest BCUT2D eigenvalue weighted by atomic mass is 35.5. The summed E-state index contributed by atoms with van der Waals surface area (Å²) in [5, 5.41) is 14.6. The van der Waals surface area contributed by atoms with Gasteiger partial charge in [0.05, 0.1) is 0 Å². The van der Waals surface area contributed by atoms with Gasteiger partial charge in [0.25, 0.3) is 5.91 Å². The Balaban J connectivity index is 1.83. The Morgan fingerprint density at radius 2 is 1.86 bits per heavy atom. The molecule has 2 aromatic rings. The van der Waals surface area contributed by atoms with Crippen molar-refractivity contribution in [2.45, 2.75) is 26.3 Å². The number of carbonyl (C=O) groups is 1. The molecule has 0 saturated carbocycles. The Hall–Kier alpha value is -2.14. The van der Waals surface area contributed by atoms with Gasteiger partial charge < -0.3 is 10.6 Å². The first-order valence-corrected chi connectivity index (χ1v) is 7.55. The van der Waals surface area contributed by atoms with Crippen LogP contribution >= 0.6 is 11.6 Å². The number of carbonyl (C=O) groups excluding carboxylic acids is 1. The van der Waals surface area contributed by atoms with Gasteiger partial charge in [0.2, 0.25) is 0 Å². The molecule has 1 aromatic carbocycles. The number of hydrogen-bond donors (Lipinski definition) is 2. The van der Waals surface area contributed by atoms with E-state index in [9.17, 15) is 4.79 Å². The molecule has 0 spiro atoms. The Morgan fingerprint density at radius 1 is 1.14 bits per heavy atom. The number of halogens is 1. The van der Waals surface area contributed by atoms with E-state index in [4.69, 9.17) is 11.6 Å². The summed E-state index contributed by atoms with van der Waals surface area (Å²) in [5.74, 6) is 0.435. The summed E-state index contributed by atoms with van der Waals surface area (Å²) >= 11 is 5.85. The number of anilines is 1. The van der Waals surface area contributed by atoms with Crippen LogP contribution in [-0.4, -0.2) is 28.7 Å². The third-order valence-electron chi connectivity index (χ3n) is 2.95. The molecule has 1 aromatic heterocycles. The van der Waals surface area contributed by atoms with E-state index in [1.54, 1.807) is 12.1 Å². The lowest BCUT2D eigenvalue weighted by Crippen LogP contribution is -2.30. The molecule has 0 aliphatic rings. The molecule has 0 aliphatic heterocycles. The average Bonchev–Trinajstić information content (AvgIpc) is 2.49. The van der Waals surface area contributed by atoms with E-state index in [0.717, 1.165) is 18.0 Å². The van der Waals surface area contributed by atoms with E-state index >= 15 is 0 Å². The first-order valence-electron chi connectivity index (χ1n) is 7.17. The molecule has 6 heteroatoms. The van der Waals surface area contributed by atoms with E-state index in [0.29, 0.717) is 11.5 Å². The zero-order chi connectivity index (χ0) is 15.9. The van der Waals surface area contributed by atoms with Gasteiger partial charge in [-0.25, -0.2) is 0 Å². The molecular formula is C16H19ClN4O. The van der Waals surface area contributed by atoms with Gasteiger partial charge in [0.1, 0.15) is 5.82 Å². The van der Waals surface area contributed by atoms with E-state index in [-0.39, 0.29) is 11.9 Å². The van der Waals surface area contributed by atoms with Gasteiger partial charge in [-0.1, -0.05) is 23.7 Å². The van der Waals surface area contributed by atoms with Crippen molar-refractivity contribution in [1.82, 2.24) is 15.5 Å². The van der Waals surface area contributed by atoms with Crippen LogP contribution in [0.3, 0.4) is 0 Å². The second kappa shape index (κ2) is 7.75. The molecular weight excluding hydrogens is 300 g/mol. The third kappa shape index (κ3) is 5.00. The second-order valence-corrected chi connectivity index (χ2v) is 5.67. The molecule has 2 rings (SSSR count). The molecule has 5 nitrogen and oxygen atoms in total. The monoisotopic (exact) mass is 318 g/mol. The molecule has 2 N–H and O–H groups in total. The Kier molecular flexibility index (Phi) is 5.72. The van der Waals surface area contributed by atoms with Crippen molar-refractivity contribution in [3.63, 3.8) is 0 Å². The van der Waals surface area contributed by atoms with Gasteiger partial charge in [-0.15, -0.1) is 10.2 Å². The summed E-state index contributed by atoms with van der Waals surface area (Å²) in [7, 11) is 0. The molecule has 0 radical (unpaired) electrons. The van der Waals surface area contributed by atoms with Crippen molar-refractivity contribution in [3.8, 4) is 0 Å². The SMILES string of the molecule is CC(C)NC(=O)c1ccc(NCCc2ccc(Cl)cc2)nn1. The van der Waals surface area contributed by atoms with Crippen LogP contribution in [0, 0.1) is 0 Å². The maximum atomic E-state index is 11.7. The van der Waals surface area contributed by atoms with Gasteiger partial charge in [-0.05, 0) is 50.1 Å². The van der Waals surface area contributed by atoms with E-state index in [1.165, 1.54) is 5.56 Å². The number of benzene rings is 1. The number of amides is 1. The van der Waals surface area contributed by atoms with Crippen molar-refractivity contribution in [3.05, 3.63) is 52.7 Å². The Morgan fingerprint density at radius 3 is 2.45 bits per heavy atom. The number of nitrogens with one attached hydrogen (secondary N) is 2. The van der Waals surface area contributed by atoms with Crippen LogP contribution in [0.5, 0.6) is 0 Å². The predicted molar refractivity (Wildman–Crippen MR) is 88.3 cm³/mol. The highest BCUT2D eigenvalue weighted by molar-refractivity contribution is 6.30. The fourth-order valence-corrected chi connectivity index (χ4v) is 2.00. The van der Waals surface area contributed by atoms with Crippen LogP contribution in [0.4, 0.5) is 5.82 Å². The van der Waals surface area contributed by atoms with Crippen LogP contribution in [0.15, 0.2) is 36.4 Å². The first-order chi connectivity index (χ1) is 10.5. The van der Waals surface area contributed by atoms with Crippen LogP contribution in [0.25, 0.3) is 0 Å². The number of aromatic nitrogens is 2. The largest absolute Gasteiger partial charge is 0.368 e. The van der Waals surface area contributed by atoms with Crippen LogP contribution in [0.2, 0.25) is 5.02 Å². The maximum absolute atomic E-state index is 11.7. The highest BCUT2D eigenvalue weighted by Crippen LogP contribution is 2.10. The van der Waals surface area contributed by atoms with E-state index in [1.807, 2.05) is 38.1 Å². The minimum Gasteiger partial charge on any atom is -0.368 e. The molecule has 0 unspecified atom stereocenters. The normalized spacial score (nSPS) is 10.5. The lowest BCUT2D eigenvalue weighted by atomic mass is 10.1. The Labute approximate surface area is 135 Å². The summed E-state index contributed by atoms with van der Waals surface area (Å²) in [6, 6.07) is 11.2. The Bertz CT molecular complexity index is 611. The topological polar surface area (TPSA) is 66.9 Å². The quantitative estimate of drug-likeness (QED) is 0.859. The van der Waals surface area contributed by atoms with Gasteiger partial charge in [0, 0.05) is 17.6 Å². The molecule has 1 heterocycles. The molecule has 0 saturated heterocycles. The molecule has 1 amide bonds. The van der Waals surface area contributed by atoms with Crippen LogP contribution in [0.1, 0.15) is 29.9 Å². The van der Waals surface area contributed by atoms with Crippen LogP contribution in [-0.2, 0) is 6.42 Å². The summed E-state index contributed by atoms with van der Waals surface area (Å²) in [4.78, 5) is 11.7. The first kappa shape index (κ1) is 16.2. The fourth-order valence-electron chi connectivity index (χ4n) is 1.87. The standard InChI is InChI=1S/C16H19ClN4O/c1-11(2)19-16(22)14-7-8-15(21-20-14)18-10-9-12-3-5-13(17)6-4-12/h3-8,11H,9-10H2,1-2H3,(H,18,21)(H,19,22). The third-order valence-corrected chi connectivity index (χ3v) is 3.20. The van der Waals surface area contributed by atoms with Crippen molar-refractivity contribution in [2.24, 2.45) is 0 Å². The second-order valence-electron chi connectivity index (χ2n) is 5.24. The predicted octanol–water partition coefficient (Wildman–Crippen LogP) is 2.92. The molecule has 22 heavy (non-hydrogen) atoms. The fraction of sp³-hybridized carbons (Fsp3) is 0.312. The van der Waals surface area contributed by atoms with Gasteiger partial charge >= 0.3 is 0 Å². The molecule has 0 atom stereocenters. The summed E-state index contributed by atoms with van der Waals surface area (Å²) < 4.78 is 0. The van der Waals surface area contributed by atoms with E-state index in [2.05, 4.69) is 20.8 Å². The lowest BCUT2D eigenvalue weighted by molar-refractivity contribution is 0.0937. The zero-order valence-corrected chi connectivity index (χ0v) is 13.4. The number of rotatable bonds is 6. The van der Waals surface area contributed by atoms with Gasteiger partial charge in [0.15, 0.2) is 5.69 Å². The molecule has 116 valence electrons. The van der Waals surface area contributed by atoms with Crippen molar-refractivity contribution in [2.75, 3.05) is 11.9 Å². The summed E-state index contributed by atoms with van der Waals surface area (Å²) in [5.41, 5.74) is 1.51. The zero-order valence-electron chi connectivity index (χ0n) is 12.6. The minimum absolute atomic E-state index is 0.0754. The van der Waals surface area contributed by atoms with Crippen LogP contribution < -0.4 is 10.6 Å². The molecule has 0 aliphatic carbocycles. The van der Waals surface area contributed by atoms with Gasteiger partial charge in [-0.3, -0.25) is 4.79 Å². The van der Waals surface area contributed by atoms with Crippen molar-refractivity contribution < 1.29 is 4.79 Å². The highest BCUT2D eigenvalue weighted by Gasteiger charge is 2.08. The summed E-state index contributed by atoms with van der Waals surface area (Å²) in [6.07, 6.45) is 0.856. The number of nitrogens with zero attached hydrogens (tertiary/aromatic N) is 2. The number of hydrogen-bond acceptors (Lipinski definition) is 4. The molecule has 0 bridgehead atoms. The molecule has 0 fully saturated rings. The average molecular weight is 319 g/mol. The summed E-state index contributed by atoms with van der Waals surface area (Å²) in [6.45, 7) is 4.53. The smallest absolute Gasteiger partial charge is 0.271 e. The van der Waals surface area contributed by atoms with Crippen molar-refractivity contribution >= 4 is 23.3 Å². The lowest BCUT2D eigenvalue weighted by Gasteiger charge is -2.08. The van der Waals surface area contributed by atoms with Gasteiger partial charge in [-0.2, -0.15) is 0 Å². The minimum atomic E-state index is -0.213. The van der Waals surface area contributed by atoms with Crippen molar-refractivity contribution in [1.29, 1.82) is 0 Å². The van der Waals surface area contributed by atoms with E-state index < -0.39 is 0 Å². The maximum Gasteiger partial charge on any atom is 0.271 e.